The average molecular weight is 318 g/mol. The van der Waals surface area contributed by atoms with Crippen molar-refractivity contribution < 1.29 is 4.39 Å². The Morgan fingerprint density at radius 3 is 2.76 bits per heavy atom. The fourth-order valence-corrected chi connectivity index (χ4v) is 4.61. The number of hydrogen-bond donors (Lipinski definition) is 1. The van der Waals surface area contributed by atoms with Crippen LogP contribution in [0.1, 0.15) is 31.0 Å². The second-order valence-electron chi connectivity index (χ2n) is 4.72. The average Bonchev–Trinajstić information content (AvgIpc) is 2.32. The van der Waals surface area contributed by atoms with Gasteiger partial charge in [0.25, 0.3) is 0 Å². The van der Waals surface area contributed by atoms with Gasteiger partial charge in [0.15, 0.2) is 0 Å². The van der Waals surface area contributed by atoms with Crippen LogP contribution in [0.3, 0.4) is 0 Å². The zero-order chi connectivity index (χ0) is 12.6. The minimum absolute atomic E-state index is 0.165. The van der Waals surface area contributed by atoms with Gasteiger partial charge < -0.3 is 5.32 Å². The molecule has 4 heteroatoms. The summed E-state index contributed by atoms with van der Waals surface area (Å²) in [7, 11) is 1.98. The highest BCUT2D eigenvalue weighted by molar-refractivity contribution is 9.10. The van der Waals surface area contributed by atoms with E-state index in [-0.39, 0.29) is 5.82 Å². The molecule has 1 aromatic rings. The third-order valence-electron chi connectivity index (χ3n) is 3.28. The second-order valence-corrected chi connectivity index (χ2v) is 6.67. The maximum Gasteiger partial charge on any atom is 0.137 e. The first-order chi connectivity index (χ1) is 8.06. The molecule has 1 heterocycles. The van der Waals surface area contributed by atoms with Crippen molar-refractivity contribution in [3.63, 3.8) is 0 Å². The zero-order valence-corrected chi connectivity index (χ0v) is 12.7. The molecule has 94 valence electrons. The molecule has 0 saturated carbocycles. The number of fused-ring (bicyclic) bond motifs is 1. The summed E-state index contributed by atoms with van der Waals surface area (Å²) in [4.78, 5) is 0. The molecule has 0 fully saturated rings. The topological polar surface area (TPSA) is 12.0 Å². The summed E-state index contributed by atoms with van der Waals surface area (Å²) >= 11 is 5.27. The summed E-state index contributed by atoms with van der Waals surface area (Å²) in [5.41, 5.74) is 2.34. The van der Waals surface area contributed by atoms with E-state index in [0.29, 0.717) is 21.7 Å². The third-order valence-corrected chi connectivity index (χ3v) is 5.80. The molecular formula is C13H17BrFNS. The first kappa shape index (κ1) is 13.4. The Kier molecular flexibility index (Phi) is 4.16. The Balaban J connectivity index is 2.46. The molecule has 0 bridgehead atoms. The van der Waals surface area contributed by atoms with Crippen LogP contribution in [0.5, 0.6) is 0 Å². The third kappa shape index (κ3) is 2.40. The van der Waals surface area contributed by atoms with Crippen molar-refractivity contribution in [3.8, 4) is 0 Å². The van der Waals surface area contributed by atoms with E-state index in [0.717, 1.165) is 11.3 Å². The van der Waals surface area contributed by atoms with Crippen LogP contribution in [-0.4, -0.2) is 12.3 Å². The minimum atomic E-state index is -0.165. The molecule has 1 aliphatic heterocycles. The van der Waals surface area contributed by atoms with Crippen molar-refractivity contribution in [2.75, 3.05) is 7.05 Å². The second kappa shape index (κ2) is 5.29. The van der Waals surface area contributed by atoms with Crippen LogP contribution in [0, 0.1) is 11.7 Å². The molecule has 1 aliphatic rings. The van der Waals surface area contributed by atoms with Crippen LogP contribution in [0.25, 0.3) is 0 Å². The molecule has 1 aromatic carbocycles. The molecule has 0 amide bonds. The maximum atomic E-state index is 13.5. The van der Waals surface area contributed by atoms with E-state index in [1.165, 1.54) is 5.56 Å². The minimum Gasteiger partial charge on any atom is -0.312 e. The van der Waals surface area contributed by atoms with Crippen molar-refractivity contribution in [1.82, 2.24) is 5.32 Å². The van der Waals surface area contributed by atoms with Crippen LogP contribution in [0.15, 0.2) is 16.6 Å². The van der Waals surface area contributed by atoms with Crippen LogP contribution >= 0.6 is 27.7 Å². The van der Waals surface area contributed by atoms with Gasteiger partial charge >= 0.3 is 0 Å². The Labute approximate surface area is 115 Å². The van der Waals surface area contributed by atoms with E-state index in [1.54, 1.807) is 6.07 Å². The summed E-state index contributed by atoms with van der Waals surface area (Å²) in [5.74, 6) is 1.32. The van der Waals surface area contributed by atoms with Gasteiger partial charge in [-0.1, -0.05) is 19.9 Å². The van der Waals surface area contributed by atoms with Gasteiger partial charge in [-0.3, -0.25) is 0 Å². The Bertz CT molecular complexity index is 422. The largest absolute Gasteiger partial charge is 0.312 e. The number of rotatable bonds is 2. The van der Waals surface area contributed by atoms with E-state index >= 15 is 0 Å². The van der Waals surface area contributed by atoms with E-state index in [9.17, 15) is 4.39 Å². The predicted molar refractivity (Wildman–Crippen MR) is 75.8 cm³/mol. The van der Waals surface area contributed by atoms with Crippen LogP contribution in [0.4, 0.5) is 4.39 Å². The smallest absolute Gasteiger partial charge is 0.137 e. The molecule has 0 saturated heterocycles. The molecule has 2 atom stereocenters. The molecule has 1 N–H and O–H groups in total. The van der Waals surface area contributed by atoms with E-state index in [2.05, 4.69) is 35.1 Å². The number of benzene rings is 1. The van der Waals surface area contributed by atoms with Gasteiger partial charge in [-0.05, 0) is 46.1 Å². The highest BCUT2D eigenvalue weighted by Crippen LogP contribution is 2.43. The standard InChI is InChI=1S/C13H17BrFNS/c1-7(2)13-12(16-3)8-4-5-10(15)11(14)9(8)6-17-13/h4-5,7,12-13,16H,6H2,1-3H3. The molecule has 2 unspecified atom stereocenters. The normalized spacial score (nSPS) is 23.9. The van der Waals surface area contributed by atoms with Gasteiger partial charge in [0, 0.05) is 17.0 Å². The fourth-order valence-electron chi connectivity index (χ4n) is 2.40. The number of hydrogen-bond acceptors (Lipinski definition) is 2. The lowest BCUT2D eigenvalue weighted by Crippen LogP contribution is -2.34. The zero-order valence-electron chi connectivity index (χ0n) is 10.3. The van der Waals surface area contributed by atoms with Crippen molar-refractivity contribution in [1.29, 1.82) is 0 Å². The Morgan fingerprint density at radius 2 is 2.18 bits per heavy atom. The SMILES string of the molecule is CNC1c2ccc(F)c(Br)c2CSC1C(C)C. The summed E-state index contributed by atoms with van der Waals surface area (Å²) in [6.45, 7) is 4.48. The summed E-state index contributed by atoms with van der Waals surface area (Å²) in [6, 6.07) is 3.78. The monoisotopic (exact) mass is 317 g/mol. The molecule has 2 rings (SSSR count). The summed E-state index contributed by atoms with van der Waals surface area (Å²) in [5, 5.41) is 3.92. The van der Waals surface area contributed by atoms with Gasteiger partial charge in [-0.15, -0.1) is 0 Å². The van der Waals surface area contributed by atoms with E-state index in [1.807, 2.05) is 24.9 Å². The van der Waals surface area contributed by atoms with Crippen LogP contribution in [-0.2, 0) is 5.75 Å². The Hall–Kier alpha value is -0.0600. The van der Waals surface area contributed by atoms with E-state index in [4.69, 9.17) is 0 Å². The molecule has 17 heavy (non-hydrogen) atoms. The lowest BCUT2D eigenvalue weighted by atomic mass is 9.92. The van der Waals surface area contributed by atoms with Crippen molar-refractivity contribution in [2.45, 2.75) is 30.9 Å². The molecule has 0 aliphatic carbocycles. The fraction of sp³-hybridized carbons (Fsp3) is 0.538. The van der Waals surface area contributed by atoms with Crippen LogP contribution in [0.2, 0.25) is 0 Å². The van der Waals surface area contributed by atoms with Gasteiger partial charge in [-0.2, -0.15) is 11.8 Å². The lowest BCUT2D eigenvalue weighted by Gasteiger charge is -2.36. The molecular weight excluding hydrogens is 301 g/mol. The quantitative estimate of drug-likeness (QED) is 0.880. The van der Waals surface area contributed by atoms with Gasteiger partial charge in [0.05, 0.1) is 4.47 Å². The van der Waals surface area contributed by atoms with Gasteiger partial charge in [0.2, 0.25) is 0 Å². The first-order valence-electron chi connectivity index (χ1n) is 5.82. The molecule has 0 radical (unpaired) electrons. The highest BCUT2D eigenvalue weighted by Gasteiger charge is 2.32. The number of halogens is 2. The molecule has 1 nitrogen and oxygen atoms in total. The lowest BCUT2D eigenvalue weighted by molar-refractivity contribution is 0.464. The number of thioether (sulfide) groups is 1. The Morgan fingerprint density at radius 1 is 1.47 bits per heavy atom. The number of nitrogens with one attached hydrogen (secondary N) is 1. The van der Waals surface area contributed by atoms with Crippen molar-refractivity contribution in [3.05, 3.63) is 33.5 Å². The summed E-state index contributed by atoms with van der Waals surface area (Å²) in [6.07, 6.45) is 0. The van der Waals surface area contributed by atoms with Crippen LogP contribution < -0.4 is 5.32 Å². The first-order valence-corrected chi connectivity index (χ1v) is 7.66. The van der Waals surface area contributed by atoms with E-state index < -0.39 is 0 Å². The predicted octanol–water partition coefficient (Wildman–Crippen LogP) is 4.12. The highest BCUT2D eigenvalue weighted by atomic mass is 79.9. The molecule has 0 aromatic heterocycles. The molecule has 0 spiro atoms. The van der Waals surface area contributed by atoms with Crippen molar-refractivity contribution >= 4 is 27.7 Å². The summed E-state index contributed by atoms with van der Waals surface area (Å²) < 4.78 is 14.1. The van der Waals surface area contributed by atoms with Crippen molar-refractivity contribution in [2.24, 2.45) is 5.92 Å². The van der Waals surface area contributed by atoms with Gasteiger partial charge in [-0.25, -0.2) is 4.39 Å². The maximum absolute atomic E-state index is 13.5. The van der Waals surface area contributed by atoms with Gasteiger partial charge in [0.1, 0.15) is 5.82 Å².